The van der Waals surface area contributed by atoms with Crippen LogP contribution in [0.5, 0.6) is 5.75 Å². The van der Waals surface area contributed by atoms with Crippen LogP contribution in [0.15, 0.2) is 78.9 Å². The molecule has 0 saturated heterocycles. The van der Waals surface area contributed by atoms with Crippen molar-refractivity contribution in [3.05, 3.63) is 95.0 Å². The van der Waals surface area contributed by atoms with Crippen LogP contribution in [0, 0.1) is 0 Å². The van der Waals surface area contributed by atoms with Crippen molar-refractivity contribution in [2.24, 2.45) is 0 Å². The van der Waals surface area contributed by atoms with E-state index in [9.17, 15) is 9.90 Å². The van der Waals surface area contributed by atoms with Crippen molar-refractivity contribution in [1.82, 2.24) is 4.98 Å². The fourth-order valence-electron chi connectivity index (χ4n) is 2.96. The lowest BCUT2D eigenvalue weighted by Gasteiger charge is -2.07. The van der Waals surface area contributed by atoms with Crippen LogP contribution in [0.2, 0.25) is 0 Å². The molecule has 5 heteroatoms. The molecule has 0 unspecified atom stereocenters. The van der Waals surface area contributed by atoms with Crippen molar-refractivity contribution in [3.63, 3.8) is 0 Å². The van der Waals surface area contributed by atoms with Crippen LogP contribution in [0.4, 0.5) is 0 Å². The van der Waals surface area contributed by atoms with Crippen LogP contribution < -0.4 is 4.74 Å². The monoisotopic (exact) mass is 401 g/mol. The first-order valence-corrected chi connectivity index (χ1v) is 10.0. The standard InChI is InChI=1S/C24H19NO3S/c26-23(27)15-19(24-25-21-8-4-5-9-22(21)29-24)14-17-10-12-20(13-11-17)28-16-18-6-2-1-3-7-18/h1-14H,15-16H2,(H,26,27)/b19-14+. The van der Waals surface area contributed by atoms with Crippen LogP contribution in [0.3, 0.4) is 0 Å². The zero-order valence-corrected chi connectivity index (χ0v) is 16.4. The number of carbonyl (C=O) groups is 1. The zero-order valence-electron chi connectivity index (χ0n) is 15.6. The van der Waals surface area contributed by atoms with E-state index in [-0.39, 0.29) is 6.42 Å². The molecular formula is C24H19NO3S. The van der Waals surface area contributed by atoms with E-state index in [1.54, 1.807) is 0 Å². The number of hydrogen-bond donors (Lipinski definition) is 1. The lowest BCUT2D eigenvalue weighted by molar-refractivity contribution is -0.135. The van der Waals surface area contributed by atoms with Crippen molar-refractivity contribution in [3.8, 4) is 5.75 Å². The number of aliphatic carboxylic acids is 1. The Morgan fingerprint density at radius 1 is 0.966 bits per heavy atom. The molecule has 1 N–H and O–H groups in total. The molecule has 1 heterocycles. The third kappa shape index (κ3) is 4.89. The molecule has 0 fully saturated rings. The number of fused-ring (bicyclic) bond motifs is 1. The van der Waals surface area contributed by atoms with Gasteiger partial charge in [-0.1, -0.05) is 54.6 Å². The van der Waals surface area contributed by atoms with Gasteiger partial charge >= 0.3 is 5.97 Å². The van der Waals surface area contributed by atoms with E-state index in [4.69, 9.17) is 4.74 Å². The van der Waals surface area contributed by atoms with Gasteiger partial charge in [0.25, 0.3) is 0 Å². The summed E-state index contributed by atoms with van der Waals surface area (Å²) in [5.41, 5.74) is 3.59. The van der Waals surface area contributed by atoms with Crippen LogP contribution in [0.1, 0.15) is 22.6 Å². The lowest BCUT2D eigenvalue weighted by atomic mass is 10.1. The number of benzene rings is 3. The Morgan fingerprint density at radius 2 is 1.69 bits per heavy atom. The second-order valence-electron chi connectivity index (χ2n) is 6.57. The van der Waals surface area contributed by atoms with Gasteiger partial charge in [0.05, 0.1) is 16.6 Å². The number of aromatic nitrogens is 1. The normalized spacial score (nSPS) is 11.5. The van der Waals surface area contributed by atoms with Crippen molar-refractivity contribution in [1.29, 1.82) is 0 Å². The quantitative estimate of drug-likeness (QED) is 0.419. The van der Waals surface area contributed by atoms with Crippen LogP contribution in [-0.2, 0) is 11.4 Å². The fraction of sp³-hybridized carbons (Fsp3) is 0.0833. The number of thiazole rings is 1. The topological polar surface area (TPSA) is 59.4 Å². The number of para-hydroxylation sites is 1. The van der Waals surface area contributed by atoms with Gasteiger partial charge in [0.1, 0.15) is 17.4 Å². The van der Waals surface area contributed by atoms with Gasteiger partial charge in [-0.3, -0.25) is 4.79 Å². The second-order valence-corrected chi connectivity index (χ2v) is 7.60. The Labute approximate surface area is 172 Å². The molecule has 144 valence electrons. The molecule has 0 saturated carbocycles. The van der Waals surface area contributed by atoms with Crippen molar-refractivity contribution in [2.75, 3.05) is 0 Å². The predicted octanol–water partition coefficient (Wildman–Crippen LogP) is 5.89. The summed E-state index contributed by atoms with van der Waals surface area (Å²) in [6.07, 6.45) is 1.80. The molecule has 0 aliphatic carbocycles. The van der Waals surface area contributed by atoms with E-state index in [1.165, 1.54) is 11.3 Å². The zero-order chi connectivity index (χ0) is 20.1. The summed E-state index contributed by atoms with van der Waals surface area (Å²) < 4.78 is 6.86. The predicted molar refractivity (Wildman–Crippen MR) is 117 cm³/mol. The summed E-state index contributed by atoms with van der Waals surface area (Å²) in [6, 6.07) is 25.4. The second kappa shape index (κ2) is 8.71. The summed E-state index contributed by atoms with van der Waals surface area (Å²) in [6.45, 7) is 0.506. The highest BCUT2D eigenvalue weighted by Gasteiger charge is 2.12. The maximum absolute atomic E-state index is 11.4. The van der Waals surface area contributed by atoms with E-state index in [1.807, 2.05) is 84.9 Å². The Kier molecular flexibility index (Phi) is 5.68. The Balaban J connectivity index is 1.54. The number of hydrogen-bond acceptors (Lipinski definition) is 4. The van der Waals surface area contributed by atoms with Crippen LogP contribution in [-0.4, -0.2) is 16.1 Å². The molecule has 3 aromatic carbocycles. The van der Waals surface area contributed by atoms with Gasteiger partial charge in [-0.05, 0) is 47.0 Å². The minimum Gasteiger partial charge on any atom is -0.489 e. The SMILES string of the molecule is O=C(O)C/C(=C\c1ccc(OCc2ccccc2)cc1)c1nc2ccccc2s1. The Morgan fingerprint density at radius 3 is 2.41 bits per heavy atom. The first kappa shape index (κ1) is 18.9. The molecule has 0 bridgehead atoms. The van der Waals surface area contributed by atoms with Gasteiger partial charge in [-0.25, -0.2) is 4.98 Å². The lowest BCUT2D eigenvalue weighted by Crippen LogP contribution is -1.97. The summed E-state index contributed by atoms with van der Waals surface area (Å²) in [4.78, 5) is 16.0. The van der Waals surface area contributed by atoms with Crippen LogP contribution in [0.25, 0.3) is 21.9 Å². The first-order valence-electron chi connectivity index (χ1n) is 9.22. The maximum Gasteiger partial charge on any atom is 0.307 e. The van der Waals surface area contributed by atoms with Crippen LogP contribution >= 0.6 is 11.3 Å². The first-order chi connectivity index (χ1) is 14.2. The van der Waals surface area contributed by atoms with Gasteiger partial charge in [-0.2, -0.15) is 0 Å². The van der Waals surface area contributed by atoms with Gasteiger partial charge in [0.2, 0.25) is 0 Å². The van der Waals surface area contributed by atoms with E-state index in [0.29, 0.717) is 12.2 Å². The minimum absolute atomic E-state index is 0.0773. The largest absolute Gasteiger partial charge is 0.489 e. The van der Waals surface area contributed by atoms with Crippen molar-refractivity contribution in [2.45, 2.75) is 13.0 Å². The molecular weight excluding hydrogens is 382 g/mol. The smallest absolute Gasteiger partial charge is 0.307 e. The van der Waals surface area contributed by atoms with E-state index < -0.39 is 5.97 Å². The molecule has 1 aromatic heterocycles. The third-order valence-corrected chi connectivity index (χ3v) is 5.49. The minimum atomic E-state index is -0.877. The van der Waals surface area contributed by atoms with E-state index in [0.717, 1.165) is 32.1 Å². The van der Waals surface area contributed by atoms with Crippen molar-refractivity contribution < 1.29 is 14.6 Å². The van der Waals surface area contributed by atoms with E-state index in [2.05, 4.69) is 4.98 Å². The fourth-order valence-corrected chi connectivity index (χ4v) is 3.94. The maximum atomic E-state index is 11.4. The molecule has 4 nitrogen and oxygen atoms in total. The number of rotatable bonds is 7. The molecule has 0 aliphatic heterocycles. The number of carboxylic acids is 1. The van der Waals surface area contributed by atoms with Gasteiger partial charge in [0.15, 0.2) is 0 Å². The summed E-state index contributed by atoms with van der Waals surface area (Å²) in [5, 5.41) is 10.1. The highest BCUT2D eigenvalue weighted by Crippen LogP contribution is 2.30. The number of carboxylic acid groups (broad SMARTS) is 1. The molecule has 0 radical (unpaired) electrons. The summed E-state index contributed by atoms with van der Waals surface area (Å²) >= 11 is 1.51. The summed E-state index contributed by atoms with van der Waals surface area (Å²) in [7, 11) is 0. The molecule has 0 atom stereocenters. The molecule has 29 heavy (non-hydrogen) atoms. The molecule has 0 spiro atoms. The molecule has 0 amide bonds. The molecule has 0 aliphatic rings. The van der Waals surface area contributed by atoms with Gasteiger partial charge < -0.3 is 9.84 Å². The number of nitrogens with zero attached hydrogens (tertiary/aromatic N) is 1. The van der Waals surface area contributed by atoms with Gasteiger partial charge in [-0.15, -0.1) is 11.3 Å². The average Bonchev–Trinajstić information content (AvgIpc) is 3.17. The highest BCUT2D eigenvalue weighted by molar-refractivity contribution is 7.19. The highest BCUT2D eigenvalue weighted by atomic mass is 32.1. The Hall–Kier alpha value is -3.44. The van der Waals surface area contributed by atoms with Gasteiger partial charge in [0, 0.05) is 0 Å². The van der Waals surface area contributed by atoms with Crippen molar-refractivity contribution >= 4 is 39.2 Å². The number of ether oxygens (including phenoxy) is 1. The third-order valence-electron chi connectivity index (χ3n) is 4.38. The molecule has 4 rings (SSSR count). The summed E-state index contributed by atoms with van der Waals surface area (Å²) in [5.74, 6) is -0.107. The van der Waals surface area contributed by atoms with E-state index >= 15 is 0 Å². The molecule has 4 aromatic rings. The Bertz CT molecular complexity index is 1110. The average molecular weight is 401 g/mol.